The Morgan fingerprint density at radius 2 is 2.21 bits per heavy atom. The lowest BCUT2D eigenvalue weighted by Gasteiger charge is -2.24. The van der Waals surface area contributed by atoms with E-state index in [9.17, 15) is 13.6 Å². The molecule has 0 saturated carbocycles. The number of hydrogen-bond donors (Lipinski definition) is 1. The summed E-state index contributed by atoms with van der Waals surface area (Å²) < 4.78 is 39.3. The van der Waals surface area contributed by atoms with E-state index in [1.165, 1.54) is 16.8 Å². The number of nitrogens with zero attached hydrogens (tertiary/aromatic N) is 2. The highest BCUT2D eigenvalue weighted by atomic mass is 19.1. The molecule has 0 spiro atoms. The number of halogens is 2. The molecule has 1 aliphatic rings. The first kappa shape index (κ1) is 18.4. The molecule has 2 heterocycles. The lowest BCUT2D eigenvalue weighted by Crippen LogP contribution is -2.30. The van der Waals surface area contributed by atoms with Crippen LogP contribution < -0.4 is 5.32 Å². The van der Waals surface area contributed by atoms with Crippen LogP contribution in [-0.4, -0.2) is 22.8 Å². The fourth-order valence-corrected chi connectivity index (χ4v) is 3.52. The van der Waals surface area contributed by atoms with Crippen LogP contribution in [0.3, 0.4) is 0 Å². The molecule has 0 bridgehead atoms. The van der Waals surface area contributed by atoms with Crippen LogP contribution >= 0.6 is 0 Å². The Labute approximate surface area is 160 Å². The number of carbonyl (C=O) groups excluding carboxylic acids is 1. The smallest absolute Gasteiger partial charge is 0.287 e. The molecular formula is C20H19F2N3O3. The quantitative estimate of drug-likeness (QED) is 0.725. The van der Waals surface area contributed by atoms with E-state index in [1.54, 1.807) is 25.4 Å². The van der Waals surface area contributed by atoms with Crippen LogP contribution in [0.25, 0.3) is 5.69 Å². The zero-order valence-corrected chi connectivity index (χ0v) is 15.2. The lowest BCUT2D eigenvalue weighted by molar-refractivity contribution is 0.0896. The largest absolute Gasteiger partial charge is 0.453 e. The first-order valence-electron chi connectivity index (χ1n) is 8.97. The monoisotopic (exact) mass is 387 g/mol. The van der Waals surface area contributed by atoms with Gasteiger partial charge in [-0.1, -0.05) is 0 Å². The number of fused-ring (bicyclic) bond motifs is 1. The maximum absolute atomic E-state index is 14.2. The number of hydrogen-bond acceptors (Lipinski definition) is 4. The number of nitrogens with one attached hydrogen (secondary N) is 1. The molecule has 28 heavy (non-hydrogen) atoms. The zero-order chi connectivity index (χ0) is 19.7. The third kappa shape index (κ3) is 3.43. The van der Waals surface area contributed by atoms with Crippen LogP contribution in [0, 0.1) is 11.6 Å². The molecule has 1 N–H and O–H groups in total. The highest BCUT2D eigenvalue weighted by Gasteiger charge is 2.27. The van der Waals surface area contributed by atoms with Gasteiger partial charge >= 0.3 is 0 Å². The summed E-state index contributed by atoms with van der Waals surface area (Å²) in [6.45, 7) is 0.289. The minimum absolute atomic E-state index is 0.185. The van der Waals surface area contributed by atoms with Crippen molar-refractivity contribution in [2.45, 2.75) is 31.9 Å². The van der Waals surface area contributed by atoms with Gasteiger partial charge in [-0.05, 0) is 43.5 Å². The van der Waals surface area contributed by atoms with Gasteiger partial charge in [-0.15, -0.1) is 0 Å². The predicted molar refractivity (Wildman–Crippen MR) is 96.0 cm³/mol. The topological polar surface area (TPSA) is 69.3 Å². The normalized spacial score (nSPS) is 16.0. The van der Waals surface area contributed by atoms with Crippen LogP contribution in [0.2, 0.25) is 0 Å². The predicted octanol–water partition coefficient (Wildman–Crippen LogP) is 3.70. The third-order valence-electron chi connectivity index (χ3n) is 4.80. The van der Waals surface area contributed by atoms with Gasteiger partial charge < -0.3 is 14.5 Å². The lowest BCUT2D eigenvalue weighted by atomic mass is 9.92. The molecule has 1 aliphatic carbocycles. The average Bonchev–Trinajstić information content (AvgIpc) is 3.30. The van der Waals surface area contributed by atoms with E-state index in [-0.39, 0.29) is 30.0 Å². The molecule has 4 rings (SSSR count). The van der Waals surface area contributed by atoms with Gasteiger partial charge in [0.25, 0.3) is 5.91 Å². The zero-order valence-electron chi connectivity index (χ0n) is 15.2. The summed E-state index contributed by atoms with van der Waals surface area (Å²) in [5.74, 6) is -0.884. The SMILES string of the molecule is COCc1ccc(C(=O)NC2CCCc3c2cnn3-c2ccc(F)cc2F)o1. The minimum atomic E-state index is -0.682. The average molecular weight is 387 g/mol. The molecule has 1 unspecified atom stereocenters. The maximum atomic E-state index is 14.2. The van der Waals surface area contributed by atoms with Crippen molar-refractivity contribution >= 4 is 5.91 Å². The molecule has 1 atom stereocenters. The Balaban J connectivity index is 1.57. The number of benzene rings is 1. The second kappa shape index (κ2) is 7.55. The van der Waals surface area contributed by atoms with Crippen LogP contribution in [-0.2, 0) is 17.8 Å². The van der Waals surface area contributed by atoms with Gasteiger partial charge in [-0.2, -0.15) is 5.10 Å². The first-order valence-corrected chi connectivity index (χ1v) is 8.97. The third-order valence-corrected chi connectivity index (χ3v) is 4.80. The molecule has 0 saturated heterocycles. The molecule has 3 aromatic rings. The van der Waals surface area contributed by atoms with E-state index in [0.29, 0.717) is 12.2 Å². The van der Waals surface area contributed by atoms with Crippen LogP contribution in [0.1, 0.15) is 46.5 Å². The number of amides is 1. The number of ether oxygens (including phenoxy) is 1. The van der Waals surface area contributed by atoms with Crippen molar-refractivity contribution in [3.63, 3.8) is 0 Å². The van der Waals surface area contributed by atoms with Crippen molar-refractivity contribution in [2.75, 3.05) is 7.11 Å². The van der Waals surface area contributed by atoms with Crippen LogP contribution in [0.5, 0.6) is 0 Å². The van der Waals surface area contributed by atoms with Gasteiger partial charge in [0, 0.05) is 24.4 Å². The summed E-state index contributed by atoms with van der Waals surface area (Å²) in [4.78, 5) is 12.5. The number of furan rings is 1. The van der Waals surface area contributed by atoms with Gasteiger partial charge in [-0.3, -0.25) is 4.79 Å². The Bertz CT molecular complexity index is 1010. The summed E-state index contributed by atoms with van der Waals surface area (Å²) >= 11 is 0. The maximum Gasteiger partial charge on any atom is 0.287 e. The van der Waals surface area contributed by atoms with Crippen molar-refractivity contribution in [3.8, 4) is 5.69 Å². The summed E-state index contributed by atoms with van der Waals surface area (Å²) in [6.07, 6.45) is 3.86. The van der Waals surface area contributed by atoms with Gasteiger partial charge in [-0.25, -0.2) is 13.5 Å². The van der Waals surface area contributed by atoms with E-state index < -0.39 is 11.6 Å². The molecule has 2 aromatic heterocycles. The van der Waals surface area contributed by atoms with E-state index in [0.717, 1.165) is 30.2 Å². The van der Waals surface area contributed by atoms with Crippen molar-refractivity contribution in [1.82, 2.24) is 15.1 Å². The minimum Gasteiger partial charge on any atom is -0.453 e. The van der Waals surface area contributed by atoms with Gasteiger partial charge in [0.05, 0.1) is 12.2 Å². The van der Waals surface area contributed by atoms with Crippen molar-refractivity contribution in [2.24, 2.45) is 0 Å². The van der Waals surface area contributed by atoms with Gasteiger partial charge in [0.1, 0.15) is 23.9 Å². The Kier molecular flexibility index (Phi) is 4.95. The number of carbonyl (C=O) groups is 1. The number of aromatic nitrogens is 2. The van der Waals surface area contributed by atoms with E-state index in [1.807, 2.05) is 0 Å². The van der Waals surface area contributed by atoms with Crippen LogP contribution in [0.15, 0.2) is 40.9 Å². The summed E-state index contributed by atoms with van der Waals surface area (Å²) in [6, 6.07) is 6.43. The van der Waals surface area contributed by atoms with E-state index in [2.05, 4.69) is 10.4 Å². The molecule has 0 aliphatic heterocycles. The number of rotatable bonds is 5. The Morgan fingerprint density at radius 1 is 1.36 bits per heavy atom. The summed E-state index contributed by atoms with van der Waals surface area (Å²) in [5, 5.41) is 7.23. The van der Waals surface area contributed by atoms with Gasteiger partial charge in [0.2, 0.25) is 0 Å². The van der Waals surface area contributed by atoms with E-state index in [4.69, 9.17) is 9.15 Å². The molecule has 0 fully saturated rings. The molecule has 0 radical (unpaired) electrons. The molecule has 8 heteroatoms. The Morgan fingerprint density at radius 3 is 3.00 bits per heavy atom. The molecule has 1 amide bonds. The summed E-state index contributed by atoms with van der Waals surface area (Å²) in [5.41, 5.74) is 1.82. The summed E-state index contributed by atoms with van der Waals surface area (Å²) in [7, 11) is 1.55. The van der Waals surface area contributed by atoms with Crippen molar-refractivity contribution < 1.29 is 22.7 Å². The highest BCUT2D eigenvalue weighted by Crippen LogP contribution is 2.32. The Hall–Kier alpha value is -3.00. The number of methoxy groups -OCH3 is 1. The van der Waals surface area contributed by atoms with Crippen molar-refractivity contribution in [1.29, 1.82) is 0 Å². The van der Waals surface area contributed by atoms with Crippen LogP contribution in [0.4, 0.5) is 8.78 Å². The first-order chi connectivity index (χ1) is 13.6. The van der Waals surface area contributed by atoms with Gasteiger partial charge in [0.15, 0.2) is 11.6 Å². The molecule has 146 valence electrons. The van der Waals surface area contributed by atoms with Crippen molar-refractivity contribution in [3.05, 3.63) is 70.9 Å². The second-order valence-electron chi connectivity index (χ2n) is 6.67. The molecular weight excluding hydrogens is 368 g/mol. The fourth-order valence-electron chi connectivity index (χ4n) is 3.52. The molecule has 6 nitrogen and oxygen atoms in total. The molecule has 1 aromatic carbocycles. The highest BCUT2D eigenvalue weighted by molar-refractivity contribution is 5.91. The van der Waals surface area contributed by atoms with E-state index >= 15 is 0 Å². The second-order valence-corrected chi connectivity index (χ2v) is 6.67. The fraction of sp³-hybridized carbons (Fsp3) is 0.300. The standard InChI is InChI=1S/C20H19F2N3O3/c1-27-11-13-6-8-19(28-13)20(26)24-16-3-2-4-17-14(16)10-23-25(17)18-7-5-12(21)9-15(18)22/h5-10,16H,2-4,11H2,1H3,(H,24,26).